The van der Waals surface area contributed by atoms with Gasteiger partial charge in [-0.25, -0.2) is 0 Å². The van der Waals surface area contributed by atoms with Gasteiger partial charge in [0.25, 0.3) is 0 Å². The fourth-order valence-corrected chi connectivity index (χ4v) is 2.99. The van der Waals surface area contributed by atoms with Gasteiger partial charge in [-0.15, -0.1) is 13.2 Å². The third-order valence-electron chi connectivity index (χ3n) is 4.72. The number of hydrogen-bond donors (Lipinski definition) is 0. The molecule has 0 saturated carbocycles. The summed E-state index contributed by atoms with van der Waals surface area (Å²) in [5.41, 5.74) is 1.63. The zero-order valence-corrected chi connectivity index (χ0v) is 24.1. The summed E-state index contributed by atoms with van der Waals surface area (Å²) in [5, 5.41) is 0. The van der Waals surface area contributed by atoms with Gasteiger partial charge in [0.1, 0.15) is 0 Å². The van der Waals surface area contributed by atoms with Gasteiger partial charge in [-0.05, 0) is 30.2 Å². The molecule has 206 valence electrons. The number of unbranched alkanes of at least 4 members (excludes halogenated alkanes) is 10. The molecule has 0 aromatic carbocycles. The maximum Gasteiger partial charge on any atom is 0.310 e. The zero-order chi connectivity index (χ0) is 27.8. The monoisotopic (exact) mass is 514 g/mol. The molecule has 0 aromatic rings. The highest BCUT2D eigenvalue weighted by Gasteiger charge is 2.09. The smallest absolute Gasteiger partial charge is 0.310 e. The molecule has 0 atom stereocenters. The Bertz CT molecular complexity index is 495. The van der Waals surface area contributed by atoms with Crippen molar-refractivity contribution in [3.05, 3.63) is 51.0 Å². The third kappa shape index (κ3) is 50.1. The van der Waals surface area contributed by atoms with Crippen molar-refractivity contribution >= 4 is 23.5 Å². The SMILES string of the molecule is C=C.C=CCl.C=COC(=O)CCCCCC(C)(C)C.C=COC(=O)CCCCCCCCCCC. The maximum absolute atomic E-state index is 11.0. The first kappa shape index (κ1) is 40.4. The van der Waals surface area contributed by atoms with E-state index in [9.17, 15) is 9.59 Å². The molecule has 0 aliphatic rings. The van der Waals surface area contributed by atoms with Gasteiger partial charge in [-0.1, -0.05) is 123 Å². The molecule has 0 bridgehead atoms. The standard InChI is InChI=1S/C14H26O2.C12H22O2.C2H3Cl.C2H4/c1-3-5-6-7-8-9-10-11-12-13-14(15)16-4-2;1-5-14-11(13)9-7-6-8-10-12(2,3)4;1-2-3;1-2/h4H,2-3,5-13H2,1H3;5H,1,6-10H2,2-4H3;2H,1H2;1-2H2. The highest BCUT2D eigenvalue weighted by molar-refractivity contribution is 6.25. The quantitative estimate of drug-likeness (QED) is 0.0837. The number of halogens is 1. The topological polar surface area (TPSA) is 52.6 Å². The molecule has 0 saturated heterocycles. The Morgan fingerprint density at radius 2 is 1.00 bits per heavy atom. The number of carbonyl (C=O) groups is 2. The first-order valence-electron chi connectivity index (χ1n) is 13.0. The fourth-order valence-electron chi connectivity index (χ4n) is 2.99. The predicted octanol–water partition coefficient (Wildman–Crippen LogP) is 10.4. The number of rotatable bonds is 17. The lowest BCUT2D eigenvalue weighted by Gasteiger charge is -2.17. The minimum Gasteiger partial charge on any atom is -0.435 e. The normalized spacial score (nSPS) is 9.51. The molecular weight excluding hydrogens is 460 g/mol. The largest absolute Gasteiger partial charge is 0.435 e. The van der Waals surface area contributed by atoms with E-state index < -0.39 is 0 Å². The average Bonchev–Trinajstić information content (AvgIpc) is 2.80. The minimum absolute atomic E-state index is 0.155. The highest BCUT2D eigenvalue weighted by atomic mass is 35.5. The lowest BCUT2D eigenvalue weighted by molar-refractivity contribution is -0.139. The molecule has 4 nitrogen and oxygen atoms in total. The average molecular weight is 515 g/mol. The summed E-state index contributed by atoms with van der Waals surface area (Å²) in [4.78, 5) is 21.9. The molecule has 5 heteroatoms. The van der Waals surface area contributed by atoms with Gasteiger partial charge in [0.2, 0.25) is 0 Å². The van der Waals surface area contributed by atoms with Crippen LogP contribution in [0.2, 0.25) is 0 Å². The molecule has 0 spiro atoms. The summed E-state index contributed by atoms with van der Waals surface area (Å²) in [5.74, 6) is -0.325. The van der Waals surface area contributed by atoms with Crippen LogP contribution in [-0.4, -0.2) is 11.9 Å². The van der Waals surface area contributed by atoms with E-state index >= 15 is 0 Å². The first-order chi connectivity index (χ1) is 16.7. The van der Waals surface area contributed by atoms with Gasteiger partial charge < -0.3 is 9.47 Å². The Kier molecular flexibility index (Phi) is 39.6. The molecule has 0 amide bonds. The van der Waals surface area contributed by atoms with Crippen LogP contribution < -0.4 is 0 Å². The van der Waals surface area contributed by atoms with Crippen molar-refractivity contribution in [1.29, 1.82) is 0 Å². The summed E-state index contributed by atoms with van der Waals surface area (Å²) in [6.07, 6.45) is 19.3. The summed E-state index contributed by atoms with van der Waals surface area (Å²) in [6, 6.07) is 0. The van der Waals surface area contributed by atoms with Crippen LogP contribution in [0.25, 0.3) is 0 Å². The second kappa shape index (κ2) is 34.4. The summed E-state index contributed by atoms with van der Waals surface area (Å²) >= 11 is 4.76. The van der Waals surface area contributed by atoms with Crippen molar-refractivity contribution < 1.29 is 19.1 Å². The van der Waals surface area contributed by atoms with Crippen LogP contribution in [0, 0.1) is 5.41 Å². The molecule has 0 radical (unpaired) electrons. The predicted molar refractivity (Wildman–Crippen MR) is 154 cm³/mol. The molecule has 0 aliphatic heterocycles. The Morgan fingerprint density at radius 1 is 0.686 bits per heavy atom. The Morgan fingerprint density at radius 3 is 1.31 bits per heavy atom. The van der Waals surface area contributed by atoms with E-state index in [-0.39, 0.29) is 11.9 Å². The maximum atomic E-state index is 11.0. The van der Waals surface area contributed by atoms with Crippen LogP contribution in [0.15, 0.2) is 51.0 Å². The number of esters is 2. The van der Waals surface area contributed by atoms with Crippen LogP contribution in [-0.2, 0) is 19.1 Å². The van der Waals surface area contributed by atoms with Gasteiger partial charge in [0.05, 0.1) is 12.5 Å². The Balaban J connectivity index is -0.000000233. The van der Waals surface area contributed by atoms with E-state index in [1.54, 1.807) is 0 Å². The second-order valence-electron chi connectivity index (χ2n) is 9.17. The lowest BCUT2D eigenvalue weighted by Crippen LogP contribution is -2.04. The molecule has 0 aliphatic carbocycles. The van der Waals surface area contributed by atoms with Crippen molar-refractivity contribution in [2.24, 2.45) is 5.41 Å². The first-order valence-corrected chi connectivity index (χ1v) is 13.4. The third-order valence-corrected chi connectivity index (χ3v) is 4.72. The molecule has 0 N–H and O–H groups in total. The van der Waals surface area contributed by atoms with E-state index in [2.05, 4.69) is 70.1 Å². The van der Waals surface area contributed by atoms with Gasteiger partial charge in [0.15, 0.2) is 0 Å². The minimum atomic E-state index is -0.171. The van der Waals surface area contributed by atoms with Crippen LogP contribution >= 0.6 is 11.6 Å². The van der Waals surface area contributed by atoms with E-state index in [0.717, 1.165) is 25.7 Å². The fraction of sp³-hybridized carbons (Fsp3) is 0.667. The van der Waals surface area contributed by atoms with E-state index in [1.807, 2.05) is 0 Å². The Labute approximate surface area is 222 Å². The van der Waals surface area contributed by atoms with Gasteiger partial charge in [0, 0.05) is 12.8 Å². The number of ether oxygens (including phenoxy) is 2. The zero-order valence-electron chi connectivity index (χ0n) is 23.4. The van der Waals surface area contributed by atoms with Gasteiger partial charge in [-0.2, -0.15) is 0 Å². The van der Waals surface area contributed by atoms with Crippen molar-refractivity contribution in [2.45, 2.75) is 124 Å². The van der Waals surface area contributed by atoms with E-state index in [4.69, 9.17) is 11.6 Å². The van der Waals surface area contributed by atoms with Crippen LogP contribution in [0.1, 0.15) is 124 Å². The summed E-state index contributed by atoms with van der Waals surface area (Å²) < 4.78 is 9.25. The van der Waals surface area contributed by atoms with Crippen LogP contribution in [0.5, 0.6) is 0 Å². The van der Waals surface area contributed by atoms with Crippen molar-refractivity contribution in [1.82, 2.24) is 0 Å². The summed E-state index contributed by atoms with van der Waals surface area (Å²) in [7, 11) is 0. The second-order valence-corrected chi connectivity index (χ2v) is 9.48. The molecule has 0 fully saturated rings. The van der Waals surface area contributed by atoms with Gasteiger partial charge in [-0.3, -0.25) is 9.59 Å². The number of carbonyl (C=O) groups excluding carboxylic acids is 2. The van der Waals surface area contributed by atoms with Crippen molar-refractivity contribution in [3.63, 3.8) is 0 Å². The summed E-state index contributed by atoms with van der Waals surface area (Å²) in [6.45, 7) is 24.8. The van der Waals surface area contributed by atoms with Crippen LogP contribution in [0.3, 0.4) is 0 Å². The molecule has 0 unspecified atom stereocenters. The van der Waals surface area contributed by atoms with Crippen LogP contribution in [0.4, 0.5) is 0 Å². The van der Waals surface area contributed by atoms with E-state index in [0.29, 0.717) is 18.3 Å². The van der Waals surface area contributed by atoms with E-state index in [1.165, 1.54) is 75.8 Å². The lowest BCUT2D eigenvalue weighted by atomic mass is 9.89. The molecule has 35 heavy (non-hydrogen) atoms. The van der Waals surface area contributed by atoms with Crippen molar-refractivity contribution in [3.8, 4) is 0 Å². The number of hydrogen-bond acceptors (Lipinski definition) is 4. The molecule has 0 rings (SSSR count). The molecule has 0 aromatic heterocycles. The molecule has 0 heterocycles. The van der Waals surface area contributed by atoms with Gasteiger partial charge >= 0.3 is 11.9 Å². The highest BCUT2D eigenvalue weighted by Crippen LogP contribution is 2.22. The van der Waals surface area contributed by atoms with Crippen molar-refractivity contribution in [2.75, 3.05) is 0 Å². The Hall–Kier alpha value is -1.81. The molecular formula is C30H55ClO4.